The van der Waals surface area contributed by atoms with E-state index in [4.69, 9.17) is 4.74 Å². The molecule has 0 amide bonds. The highest BCUT2D eigenvalue weighted by atomic mass is 32.2. The third-order valence-electron chi connectivity index (χ3n) is 3.88. The predicted molar refractivity (Wildman–Crippen MR) is 98.7 cm³/mol. The average Bonchev–Trinajstić information content (AvgIpc) is 2.66. The van der Waals surface area contributed by atoms with Gasteiger partial charge in [-0.2, -0.15) is 0 Å². The highest BCUT2D eigenvalue weighted by Gasteiger charge is 2.25. The Bertz CT molecular complexity index is 954. The van der Waals surface area contributed by atoms with Crippen molar-refractivity contribution in [1.82, 2.24) is 9.55 Å². The van der Waals surface area contributed by atoms with Gasteiger partial charge in [0.15, 0.2) is 5.16 Å². The summed E-state index contributed by atoms with van der Waals surface area (Å²) < 4.78 is 6.54. The summed E-state index contributed by atoms with van der Waals surface area (Å²) >= 11 is 1.23. The van der Waals surface area contributed by atoms with Gasteiger partial charge in [-0.3, -0.25) is 14.2 Å². The lowest BCUT2D eigenvalue weighted by molar-refractivity contribution is -0.140. The lowest BCUT2D eigenvalue weighted by Gasteiger charge is -2.17. The Balaban J connectivity index is 2.11. The van der Waals surface area contributed by atoms with E-state index in [1.807, 2.05) is 49.4 Å². The van der Waals surface area contributed by atoms with E-state index in [1.54, 1.807) is 16.7 Å². The summed E-state index contributed by atoms with van der Waals surface area (Å²) in [5.41, 5.74) is 1.33. The number of hydrogen-bond donors (Lipinski definition) is 0. The first kappa shape index (κ1) is 17.2. The van der Waals surface area contributed by atoms with Gasteiger partial charge in [0.25, 0.3) is 5.56 Å². The molecular weight excluding hydrogens is 336 g/mol. The number of hydrogen-bond acceptors (Lipinski definition) is 5. The van der Waals surface area contributed by atoms with Crippen LogP contribution >= 0.6 is 11.8 Å². The number of carbonyl (C=O) groups is 1. The van der Waals surface area contributed by atoms with Gasteiger partial charge in [0.1, 0.15) is 5.25 Å². The summed E-state index contributed by atoms with van der Waals surface area (Å²) in [6.45, 7) is 2.36. The molecule has 0 N–H and O–H groups in total. The average molecular weight is 354 g/mol. The lowest BCUT2D eigenvalue weighted by Crippen LogP contribution is -2.23. The fourth-order valence-corrected chi connectivity index (χ4v) is 3.80. The molecule has 0 saturated carbocycles. The number of rotatable bonds is 5. The number of esters is 1. The van der Waals surface area contributed by atoms with Crippen molar-refractivity contribution < 1.29 is 9.53 Å². The maximum absolute atomic E-state index is 12.7. The van der Waals surface area contributed by atoms with Gasteiger partial charge >= 0.3 is 5.97 Å². The first-order valence-corrected chi connectivity index (χ1v) is 8.82. The molecule has 0 unspecified atom stereocenters. The monoisotopic (exact) mass is 354 g/mol. The molecule has 2 aromatic carbocycles. The van der Waals surface area contributed by atoms with Crippen LogP contribution in [0.5, 0.6) is 0 Å². The number of benzene rings is 2. The molecule has 5 nitrogen and oxygen atoms in total. The van der Waals surface area contributed by atoms with E-state index in [0.29, 0.717) is 22.6 Å². The van der Waals surface area contributed by atoms with Crippen molar-refractivity contribution in [1.29, 1.82) is 0 Å². The molecule has 0 aliphatic heterocycles. The second kappa shape index (κ2) is 7.53. The zero-order valence-electron chi connectivity index (χ0n) is 14.0. The van der Waals surface area contributed by atoms with Crippen LogP contribution in [0.3, 0.4) is 0 Å². The largest absolute Gasteiger partial charge is 0.468 e. The highest BCUT2D eigenvalue weighted by Crippen LogP contribution is 2.35. The Morgan fingerprint density at radius 1 is 1.16 bits per heavy atom. The Morgan fingerprint density at radius 2 is 1.84 bits per heavy atom. The van der Waals surface area contributed by atoms with Crippen molar-refractivity contribution in [3.8, 4) is 0 Å². The number of ether oxygens (including phenoxy) is 1. The van der Waals surface area contributed by atoms with Crippen LogP contribution in [0.15, 0.2) is 64.5 Å². The zero-order chi connectivity index (χ0) is 17.8. The van der Waals surface area contributed by atoms with E-state index in [2.05, 4.69) is 4.98 Å². The van der Waals surface area contributed by atoms with E-state index >= 15 is 0 Å². The van der Waals surface area contributed by atoms with Gasteiger partial charge in [0.2, 0.25) is 0 Å². The molecule has 0 aliphatic carbocycles. The van der Waals surface area contributed by atoms with Crippen molar-refractivity contribution in [3.63, 3.8) is 0 Å². The Kier molecular flexibility index (Phi) is 5.19. The minimum atomic E-state index is -0.586. The third kappa shape index (κ3) is 3.44. The molecule has 0 fully saturated rings. The fourth-order valence-electron chi connectivity index (χ4n) is 2.61. The van der Waals surface area contributed by atoms with Crippen molar-refractivity contribution in [2.75, 3.05) is 7.11 Å². The van der Waals surface area contributed by atoms with Gasteiger partial charge in [-0.15, -0.1) is 0 Å². The minimum absolute atomic E-state index is 0.104. The molecule has 1 aromatic heterocycles. The Labute approximate surface area is 149 Å². The van der Waals surface area contributed by atoms with Gasteiger partial charge in [-0.1, -0.05) is 54.2 Å². The number of carbonyl (C=O) groups excluding carboxylic acids is 1. The van der Waals surface area contributed by atoms with Crippen LogP contribution in [0.2, 0.25) is 0 Å². The lowest BCUT2D eigenvalue weighted by atomic mass is 10.1. The van der Waals surface area contributed by atoms with Crippen LogP contribution in [-0.4, -0.2) is 22.6 Å². The molecular formula is C19H18N2O3S. The van der Waals surface area contributed by atoms with E-state index in [0.717, 1.165) is 5.56 Å². The molecule has 0 bridgehead atoms. The Morgan fingerprint density at radius 3 is 2.52 bits per heavy atom. The van der Waals surface area contributed by atoms with E-state index in [1.165, 1.54) is 18.9 Å². The maximum atomic E-state index is 12.7. The van der Waals surface area contributed by atoms with Gasteiger partial charge < -0.3 is 4.74 Å². The van der Waals surface area contributed by atoms with Crippen LogP contribution in [-0.2, 0) is 16.1 Å². The van der Waals surface area contributed by atoms with Gasteiger partial charge in [0.05, 0.1) is 18.0 Å². The van der Waals surface area contributed by atoms with Gasteiger partial charge in [0, 0.05) is 6.54 Å². The van der Waals surface area contributed by atoms with Gasteiger partial charge in [-0.25, -0.2) is 4.98 Å². The van der Waals surface area contributed by atoms with Crippen molar-refractivity contribution in [3.05, 3.63) is 70.5 Å². The number of aromatic nitrogens is 2. The maximum Gasteiger partial charge on any atom is 0.323 e. The SMILES string of the molecule is CCn1c(S[C@H](C(=O)OC)c2ccccc2)nc2ccccc2c1=O. The molecule has 0 spiro atoms. The number of methoxy groups -OCH3 is 1. The molecule has 0 aliphatic rings. The second-order valence-corrected chi connectivity index (χ2v) is 6.46. The quantitative estimate of drug-likeness (QED) is 0.399. The predicted octanol–water partition coefficient (Wildman–Crippen LogP) is 3.42. The molecule has 3 rings (SSSR count). The standard InChI is InChI=1S/C19H18N2O3S/c1-3-21-17(22)14-11-7-8-12-15(14)20-19(21)25-16(18(23)24-2)13-9-5-4-6-10-13/h4-12,16H,3H2,1-2H3/t16-/m0/s1. The molecule has 1 heterocycles. The summed E-state index contributed by atoms with van der Waals surface area (Å²) in [6, 6.07) is 16.6. The summed E-state index contributed by atoms with van der Waals surface area (Å²) in [5.74, 6) is -0.374. The smallest absolute Gasteiger partial charge is 0.323 e. The minimum Gasteiger partial charge on any atom is -0.468 e. The zero-order valence-corrected chi connectivity index (χ0v) is 14.8. The summed E-state index contributed by atoms with van der Waals surface area (Å²) in [4.78, 5) is 29.6. The van der Waals surface area contributed by atoms with Crippen molar-refractivity contribution in [2.45, 2.75) is 23.9 Å². The topological polar surface area (TPSA) is 61.2 Å². The summed E-state index contributed by atoms with van der Waals surface area (Å²) in [7, 11) is 1.36. The van der Waals surface area contributed by atoms with Crippen LogP contribution in [0.1, 0.15) is 17.7 Å². The molecule has 3 aromatic rings. The first-order chi connectivity index (χ1) is 12.2. The number of nitrogens with zero attached hydrogens (tertiary/aromatic N) is 2. The molecule has 0 radical (unpaired) electrons. The number of fused-ring (bicyclic) bond motifs is 1. The van der Waals surface area contributed by atoms with Crippen molar-refractivity contribution >= 4 is 28.6 Å². The normalized spacial score (nSPS) is 12.1. The van der Waals surface area contributed by atoms with E-state index < -0.39 is 5.25 Å². The van der Waals surface area contributed by atoms with Crippen molar-refractivity contribution in [2.24, 2.45) is 0 Å². The van der Waals surface area contributed by atoms with E-state index in [-0.39, 0.29) is 11.5 Å². The fraction of sp³-hybridized carbons (Fsp3) is 0.211. The van der Waals surface area contributed by atoms with Crippen LogP contribution < -0.4 is 5.56 Å². The molecule has 128 valence electrons. The molecule has 6 heteroatoms. The van der Waals surface area contributed by atoms with Crippen LogP contribution in [0.4, 0.5) is 0 Å². The van der Waals surface area contributed by atoms with E-state index in [9.17, 15) is 9.59 Å². The summed E-state index contributed by atoms with van der Waals surface area (Å²) in [5, 5.41) is 0.491. The van der Waals surface area contributed by atoms with Crippen LogP contribution in [0.25, 0.3) is 10.9 Å². The first-order valence-electron chi connectivity index (χ1n) is 7.94. The highest BCUT2D eigenvalue weighted by molar-refractivity contribution is 8.00. The molecule has 0 saturated heterocycles. The van der Waals surface area contributed by atoms with Gasteiger partial charge in [-0.05, 0) is 24.6 Å². The number of thioether (sulfide) groups is 1. The second-order valence-electron chi connectivity index (χ2n) is 5.39. The Hall–Kier alpha value is -2.60. The van der Waals surface area contributed by atoms with Crippen LogP contribution in [0, 0.1) is 0 Å². The molecule has 1 atom stereocenters. The number of para-hydroxylation sites is 1. The molecule has 25 heavy (non-hydrogen) atoms. The third-order valence-corrected chi connectivity index (χ3v) is 5.11. The summed E-state index contributed by atoms with van der Waals surface area (Å²) in [6.07, 6.45) is 0.